The Balaban J connectivity index is 2.49. The lowest BCUT2D eigenvalue weighted by Gasteiger charge is -2.01. The zero-order valence-electron chi connectivity index (χ0n) is 5.76. The molecule has 0 aliphatic rings. The lowest BCUT2D eigenvalue weighted by atomic mass is 10.4. The maximum absolute atomic E-state index is 5.80. The fourth-order valence-electron chi connectivity index (χ4n) is 0.836. The van der Waals surface area contributed by atoms with Crippen molar-refractivity contribution in [2.45, 2.75) is 13.0 Å². The molecule has 0 unspecified atom stereocenters. The molecule has 0 amide bonds. The van der Waals surface area contributed by atoms with Gasteiger partial charge in [0.05, 0.1) is 0 Å². The van der Waals surface area contributed by atoms with Gasteiger partial charge in [-0.25, -0.2) is 0 Å². The van der Waals surface area contributed by atoms with Gasteiger partial charge in [-0.2, -0.15) is 0 Å². The summed E-state index contributed by atoms with van der Waals surface area (Å²) >= 11 is 5.80. The molecule has 2 N–H and O–H groups in total. The number of halogens is 1. The van der Waals surface area contributed by atoms with Crippen LogP contribution in [0, 0.1) is 0 Å². The summed E-state index contributed by atoms with van der Waals surface area (Å²) < 4.78 is 1.98. The van der Waals surface area contributed by atoms with Crippen LogP contribution >= 0.6 is 11.6 Å². The number of nitrogens with two attached hydrogens (primary N) is 1. The highest BCUT2D eigenvalue weighted by atomic mass is 35.5. The number of hydrogen-bond donors (Lipinski definition) is 1. The van der Waals surface area contributed by atoms with Gasteiger partial charge in [-0.1, -0.05) is 11.6 Å². The van der Waals surface area contributed by atoms with Gasteiger partial charge in [0, 0.05) is 12.7 Å². The lowest BCUT2D eigenvalue weighted by Crippen LogP contribution is -2.04. The van der Waals surface area contributed by atoms with E-state index in [0.717, 1.165) is 18.1 Å². The minimum Gasteiger partial charge on any atom is -0.339 e. The van der Waals surface area contributed by atoms with Crippen LogP contribution in [0.1, 0.15) is 6.42 Å². The minimum absolute atomic E-state index is 0.717. The van der Waals surface area contributed by atoms with E-state index in [0.29, 0.717) is 6.54 Å². The predicted molar refractivity (Wildman–Crippen MR) is 43.1 cm³/mol. The summed E-state index contributed by atoms with van der Waals surface area (Å²) in [6.45, 7) is 1.64. The third kappa shape index (κ3) is 1.75. The van der Waals surface area contributed by atoms with Crippen LogP contribution in [0.5, 0.6) is 0 Å². The molecule has 3 heteroatoms. The van der Waals surface area contributed by atoms with Crippen LogP contribution in [0.15, 0.2) is 18.3 Å². The number of aryl methyl sites for hydroxylation is 1. The van der Waals surface area contributed by atoms with Gasteiger partial charge in [-0.3, -0.25) is 0 Å². The van der Waals surface area contributed by atoms with E-state index in [9.17, 15) is 0 Å². The summed E-state index contributed by atoms with van der Waals surface area (Å²) in [5.41, 5.74) is 5.34. The van der Waals surface area contributed by atoms with E-state index in [4.69, 9.17) is 17.3 Å². The summed E-state index contributed by atoms with van der Waals surface area (Å²) in [7, 11) is 0. The van der Waals surface area contributed by atoms with Crippen molar-refractivity contribution in [2.24, 2.45) is 5.73 Å². The minimum atomic E-state index is 0.717. The molecule has 56 valence electrons. The largest absolute Gasteiger partial charge is 0.339 e. The molecule has 0 saturated carbocycles. The zero-order valence-corrected chi connectivity index (χ0v) is 6.51. The van der Waals surface area contributed by atoms with E-state index in [1.807, 2.05) is 22.9 Å². The molecule has 0 spiro atoms. The SMILES string of the molecule is NCCCn1cccc1Cl. The van der Waals surface area contributed by atoms with E-state index in [1.54, 1.807) is 0 Å². The second kappa shape index (κ2) is 3.64. The quantitative estimate of drug-likeness (QED) is 0.710. The van der Waals surface area contributed by atoms with E-state index >= 15 is 0 Å². The van der Waals surface area contributed by atoms with Gasteiger partial charge in [-0.15, -0.1) is 0 Å². The van der Waals surface area contributed by atoms with Crippen LogP contribution < -0.4 is 5.73 Å². The topological polar surface area (TPSA) is 30.9 Å². The van der Waals surface area contributed by atoms with E-state index in [1.165, 1.54) is 0 Å². The highest BCUT2D eigenvalue weighted by Gasteiger charge is 1.93. The molecule has 10 heavy (non-hydrogen) atoms. The van der Waals surface area contributed by atoms with Gasteiger partial charge in [0.25, 0.3) is 0 Å². The van der Waals surface area contributed by atoms with Gasteiger partial charge >= 0.3 is 0 Å². The predicted octanol–water partition coefficient (Wildman–Crippen LogP) is 1.49. The average Bonchev–Trinajstić information content (AvgIpc) is 2.31. The van der Waals surface area contributed by atoms with Crippen molar-refractivity contribution < 1.29 is 0 Å². The summed E-state index contributed by atoms with van der Waals surface area (Å²) in [6, 6.07) is 3.80. The van der Waals surface area contributed by atoms with Crippen LogP contribution in [-0.2, 0) is 6.54 Å². The Morgan fingerprint density at radius 2 is 2.40 bits per heavy atom. The maximum Gasteiger partial charge on any atom is 0.108 e. The molecule has 0 bridgehead atoms. The molecule has 2 nitrogen and oxygen atoms in total. The van der Waals surface area contributed by atoms with E-state index in [-0.39, 0.29) is 0 Å². The van der Waals surface area contributed by atoms with E-state index in [2.05, 4.69) is 0 Å². The van der Waals surface area contributed by atoms with Crippen LogP contribution in [-0.4, -0.2) is 11.1 Å². The van der Waals surface area contributed by atoms with Gasteiger partial charge in [0.15, 0.2) is 0 Å². The Hall–Kier alpha value is -0.470. The first-order chi connectivity index (χ1) is 4.84. The van der Waals surface area contributed by atoms with Gasteiger partial charge in [0.2, 0.25) is 0 Å². The third-order valence-electron chi connectivity index (χ3n) is 1.38. The molecule has 0 aliphatic heterocycles. The highest BCUT2D eigenvalue weighted by Crippen LogP contribution is 2.08. The highest BCUT2D eigenvalue weighted by molar-refractivity contribution is 6.29. The van der Waals surface area contributed by atoms with Gasteiger partial charge in [-0.05, 0) is 25.1 Å². The van der Waals surface area contributed by atoms with Crippen molar-refractivity contribution in [3.05, 3.63) is 23.5 Å². The third-order valence-corrected chi connectivity index (χ3v) is 1.72. The van der Waals surface area contributed by atoms with Crippen LogP contribution in [0.25, 0.3) is 0 Å². The number of hydrogen-bond acceptors (Lipinski definition) is 1. The Bertz CT molecular complexity index is 195. The van der Waals surface area contributed by atoms with Crippen LogP contribution in [0.2, 0.25) is 5.15 Å². The van der Waals surface area contributed by atoms with Crippen molar-refractivity contribution in [3.8, 4) is 0 Å². The molecule has 0 aliphatic carbocycles. The van der Waals surface area contributed by atoms with Crippen LogP contribution in [0.4, 0.5) is 0 Å². The normalized spacial score (nSPS) is 10.2. The lowest BCUT2D eigenvalue weighted by molar-refractivity contribution is 0.655. The first kappa shape index (κ1) is 7.63. The van der Waals surface area contributed by atoms with Gasteiger partial charge < -0.3 is 10.3 Å². The molecule has 0 saturated heterocycles. The molecule has 0 radical (unpaired) electrons. The summed E-state index contributed by atoms with van der Waals surface area (Å²) in [4.78, 5) is 0. The molecule has 1 aromatic rings. The number of rotatable bonds is 3. The zero-order chi connectivity index (χ0) is 7.40. The first-order valence-corrected chi connectivity index (χ1v) is 3.73. The van der Waals surface area contributed by atoms with Crippen molar-refractivity contribution in [1.29, 1.82) is 0 Å². The molecular formula is C7H11ClN2. The fraction of sp³-hybridized carbons (Fsp3) is 0.429. The molecule has 0 aromatic carbocycles. The van der Waals surface area contributed by atoms with E-state index < -0.39 is 0 Å². The van der Waals surface area contributed by atoms with Crippen molar-refractivity contribution in [1.82, 2.24) is 4.57 Å². The van der Waals surface area contributed by atoms with Crippen molar-refractivity contribution >= 4 is 11.6 Å². The molecule has 1 rings (SSSR count). The Labute approximate surface area is 65.6 Å². The fourth-order valence-corrected chi connectivity index (χ4v) is 1.05. The molecule has 1 heterocycles. The Kier molecular flexibility index (Phi) is 2.78. The molecule has 1 aromatic heterocycles. The molecule has 0 atom stereocenters. The second-order valence-electron chi connectivity index (χ2n) is 2.17. The summed E-state index contributed by atoms with van der Waals surface area (Å²) in [5.74, 6) is 0. The smallest absolute Gasteiger partial charge is 0.108 e. The van der Waals surface area contributed by atoms with Crippen molar-refractivity contribution in [2.75, 3.05) is 6.54 Å². The first-order valence-electron chi connectivity index (χ1n) is 3.35. The van der Waals surface area contributed by atoms with Gasteiger partial charge in [0.1, 0.15) is 5.15 Å². The molecular weight excluding hydrogens is 148 g/mol. The Morgan fingerprint density at radius 3 is 2.90 bits per heavy atom. The maximum atomic E-state index is 5.80. The summed E-state index contributed by atoms with van der Waals surface area (Å²) in [5, 5.41) is 0.786. The Morgan fingerprint density at radius 1 is 1.60 bits per heavy atom. The number of nitrogens with zero attached hydrogens (tertiary/aromatic N) is 1. The standard InChI is InChI=1S/C7H11ClN2/c8-7-3-1-5-10(7)6-2-4-9/h1,3,5H,2,4,6,9H2. The summed E-state index contributed by atoms with van der Waals surface area (Å²) in [6.07, 6.45) is 2.94. The van der Waals surface area contributed by atoms with Crippen molar-refractivity contribution in [3.63, 3.8) is 0 Å². The average molecular weight is 159 g/mol. The molecule has 0 fully saturated rings. The monoisotopic (exact) mass is 158 g/mol. The second-order valence-corrected chi connectivity index (χ2v) is 2.55. The van der Waals surface area contributed by atoms with Crippen LogP contribution in [0.3, 0.4) is 0 Å². The number of aromatic nitrogens is 1.